The van der Waals surface area contributed by atoms with Crippen molar-refractivity contribution >= 4 is 18.0 Å². The summed E-state index contributed by atoms with van der Waals surface area (Å²) in [6, 6.07) is -1.07. The molecule has 0 spiro atoms. The fourth-order valence-corrected chi connectivity index (χ4v) is 1.12. The lowest BCUT2D eigenvalue weighted by Crippen LogP contribution is -2.45. The molecule has 0 aromatic heterocycles. The molecule has 7 nitrogen and oxygen atoms in total. The molecule has 1 fully saturated rings. The number of carboxylic acids is 1. The lowest BCUT2D eigenvalue weighted by molar-refractivity contribution is -0.141. The van der Waals surface area contributed by atoms with Crippen LogP contribution in [0.4, 0.5) is 4.79 Å². The fourth-order valence-electron chi connectivity index (χ4n) is 1.12. The van der Waals surface area contributed by atoms with Crippen molar-refractivity contribution in [1.29, 1.82) is 0 Å². The average Bonchev–Trinajstić information content (AvgIpc) is 2.10. The van der Waals surface area contributed by atoms with E-state index in [0.717, 1.165) is 6.42 Å². The van der Waals surface area contributed by atoms with E-state index in [1.807, 2.05) is 0 Å². The van der Waals surface area contributed by atoms with Gasteiger partial charge in [-0.2, -0.15) is 0 Å². The van der Waals surface area contributed by atoms with Crippen molar-refractivity contribution in [3.8, 4) is 0 Å². The molecule has 1 heterocycles. The number of hydrogen-bond donors (Lipinski definition) is 2. The minimum atomic E-state index is -1.07. The maximum atomic E-state index is 11.2. The Morgan fingerprint density at radius 3 is 2.44 bits per heavy atom. The Morgan fingerprint density at radius 2 is 2.00 bits per heavy atom. The van der Waals surface area contributed by atoms with Gasteiger partial charge in [0.15, 0.2) is 0 Å². The van der Waals surface area contributed by atoms with E-state index >= 15 is 0 Å². The third-order valence-corrected chi connectivity index (χ3v) is 2.27. The number of carbonyl (C=O) groups is 3. The smallest absolute Gasteiger partial charge is 0.417 e. The van der Waals surface area contributed by atoms with Crippen LogP contribution < -0.4 is 5.73 Å². The molecule has 0 aliphatic carbocycles. The number of esters is 1. The zero-order valence-corrected chi connectivity index (χ0v) is 8.72. The van der Waals surface area contributed by atoms with Gasteiger partial charge in [-0.25, -0.2) is 9.59 Å². The van der Waals surface area contributed by atoms with Crippen molar-refractivity contribution < 1.29 is 24.2 Å². The normalized spacial score (nSPS) is 16.2. The van der Waals surface area contributed by atoms with Gasteiger partial charge >= 0.3 is 18.0 Å². The van der Waals surface area contributed by atoms with E-state index in [0.29, 0.717) is 13.1 Å². The number of hydrogen-bond acceptors (Lipinski definition) is 5. The van der Waals surface area contributed by atoms with Crippen LogP contribution >= 0.6 is 0 Å². The first-order valence-corrected chi connectivity index (χ1v) is 4.98. The van der Waals surface area contributed by atoms with Crippen LogP contribution in [0.15, 0.2) is 0 Å². The first-order chi connectivity index (χ1) is 7.50. The second-order valence-corrected chi connectivity index (χ2v) is 3.57. The summed E-state index contributed by atoms with van der Waals surface area (Å²) in [7, 11) is 0. The summed E-state index contributed by atoms with van der Waals surface area (Å²) in [4.78, 5) is 34.0. The summed E-state index contributed by atoms with van der Waals surface area (Å²) in [6.45, 7) is 1.16. The van der Waals surface area contributed by atoms with Crippen molar-refractivity contribution in [3.05, 3.63) is 0 Å². The minimum absolute atomic E-state index is 0.0402. The topological polar surface area (TPSA) is 110 Å². The van der Waals surface area contributed by atoms with Crippen LogP contribution in [0.5, 0.6) is 0 Å². The molecular weight excluding hydrogens is 216 g/mol. The third kappa shape index (κ3) is 3.50. The molecule has 90 valence electrons. The zero-order chi connectivity index (χ0) is 12.1. The predicted molar refractivity (Wildman–Crippen MR) is 52.5 cm³/mol. The summed E-state index contributed by atoms with van der Waals surface area (Å²) >= 11 is 0. The van der Waals surface area contributed by atoms with Gasteiger partial charge in [0.1, 0.15) is 6.04 Å². The molecule has 0 unspecified atom stereocenters. The van der Waals surface area contributed by atoms with Crippen molar-refractivity contribution in [1.82, 2.24) is 4.90 Å². The van der Waals surface area contributed by atoms with Crippen molar-refractivity contribution in [3.63, 3.8) is 0 Å². The molecule has 0 aromatic carbocycles. The number of nitrogens with zero attached hydrogens (tertiary/aromatic N) is 1. The lowest BCUT2D eigenvalue weighted by atomic mass is 10.2. The van der Waals surface area contributed by atoms with Crippen LogP contribution in [-0.2, 0) is 14.3 Å². The molecule has 1 amide bonds. The van der Waals surface area contributed by atoms with Crippen LogP contribution in [0.3, 0.4) is 0 Å². The molecule has 3 N–H and O–H groups in total. The largest absolute Gasteiger partial charge is 0.481 e. The Balaban J connectivity index is 2.27. The Morgan fingerprint density at radius 1 is 1.38 bits per heavy atom. The molecule has 0 radical (unpaired) electrons. The highest BCUT2D eigenvalue weighted by atomic mass is 16.6. The van der Waals surface area contributed by atoms with Crippen LogP contribution in [0.2, 0.25) is 0 Å². The Hall–Kier alpha value is -1.63. The molecule has 1 aliphatic rings. The summed E-state index contributed by atoms with van der Waals surface area (Å²) in [5.74, 6) is -1.92. The van der Waals surface area contributed by atoms with Crippen LogP contribution in [-0.4, -0.2) is 47.2 Å². The van der Waals surface area contributed by atoms with Gasteiger partial charge < -0.3 is 20.5 Å². The molecule has 1 aliphatic heterocycles. The van der Waals surface area contributed by atoms with E-state index in [2.05, 4.69) is 4.74 Å². The van der Waals surface area contributed by atoms with Gasteiger partial charge in [-0.1, -0.05) is 0 Å². The van der Waals surface area contributed by atoms with Crippen molar-refractivity contribution in [2.24, 2.45) is 5.73 Å². The van der Waals surface area contributed by atoms with Crippen LogP contribution in [0.25, 0.3) is 0 Å². The van der Waals surface area contributed by atoms with E-state index in [1.165, 1.54) is 4.90 Å². The Kier molecular flexibility index (Phi) is 4.24. The van der Waals surface area contributed by atoms with Gasteiger partial charge in [0.2, 0.25) is 0 Å². The quantitative estimate of drug-likeness (QED) is 0.500. The maximum absolute atomic E-state index is 11.2. The molecule has 0 bridgehead atoms. The van der Waals surface area contributed by atoms with E-state index < -0.39 is 24.1 Å². The fraction of sp³-hybridized carbons (Fsp3) is 0.667. The molecule has 1 atom stereocenters. The van der Waals surface area contributed by atoms with E-state index in [4.69, 9.17) is 10.8 Å². The van der Waals surface area contributed by atoms with E-state index in [1.54, 1.807) is 0 Å². The highest BCUT2D eigenvalue weighted by Crippen LogP contribution is 2.08. The van der Waals surface area contributed by atoms with Gasteiger partial charge in [-0.05, 0) is 12.8 Å². The number of nitrogens with two attached hydrogens (primary N) is 1. The second kappa shape index (κ2) is 5.45. The molecule has 1 rings (SSSR count). The van der Waals surface area contributed by atoms with Gasteiger partial charge in [-0.3, -0.25) is 4.79 Å². The number of amides is 1. The number of aliphatic carboxylic acids is 1. The molecule has 16 heavy (non-hydrogen) atoms. The van der Waals surface area contributed by atoms with Crippen LogP contribution in [0.1, 0.15) is 19.3 Å². The maximum Gasteiger partial charge on any atom is 0.417 e. The molecule has 7 heteroatoms. The van der Waals surface area contributed by atoms with Crippen LogP contribution in [0, 0.1) is 0 Å². The Bertz CT molecular complexity index is 300. The summed E-state index contributed by atoms with van der Waals surface area (Å²) in [5, 5.41) is 8.38. The molecule has 1 saturated heterocycles. The van der Waals surface area contributed by atoms with Gasteiger partial charge in [-0.15, -0.1) is 0 Å². The van der Waals surface area contributed by atoms with Gasteiger partial charge in [0, 0.05) is 19.5 Å². The summed E-state index contributed by atoms with van der Waals surface area (Å²) < 4.78 is 4.48. The molecule has 0 aromatic rings. The number of carboxylic acid groups (broad SMARTS) is 1. The second-order valence-electron chi connectivity index (χ2n) is 3.57. The summed E-state index contributed by atoms with van der Waals surface area (Å²) in [6.07, 6.45) is -0.0775. The zero-order valence-electron chi connectivity index (χ0n) is 8.72. The van der Waals surface area contributed by atoms with Crippen molar-refractivity contribution in [2.45, 2.75) is 25.3 Å². The minimum Gasteiger partial charge on any atom is -0.481 e. The first kappa shape index (κ1) is 12.4. The number of likely N-dealkylation sites (tertiary alicyclic amines) is 1. The summed E-state index contributed by atoms with van der Waals surface area (Å²) in [5.41, 5.74) is 5.36. The Labute approximate surface area is 92.1 Å². The van der Waals surface area contributed by atoms with Gasteiger partial charge in [0.25, 0.3) is 0 Å². The third-order valence-electron chi connectivity index (χ3n) is 2.27. The monoisotopic (exact) mass is 230 g/mol. The lowest BCUT2D eigenvalue weighted by Gasteiger charge is -2.29. The standard InChI is InChI=1S/C9H14N2O5/c10-6(2-3-7(12)13)8(14)16-9(15)11-4-1-5-11/h6H,1-5,10H2,(H,12,13)/t6-/m0/s1. The average molecular weight is 230 g/mol. The number of ether oxygens (including phenoxy) is 1. The van der Waals surface area contributed by atoms with Gasteiger partial charge in [0.05, 0.1) is 0 Å². The predicted octanol–water partition coefficient (Wildman–Crippen LogP) is -0.453. The molecule has 0 saturated carbocycles. The van der Waals surface area contributed by atoms with Crippen molar-refractivity contribution in [2.75, 3.05) is 13.1 Å². The van der Waals surface area contributed by atoms with E-state index in [9.17, 15) is 14.4 Å². The number of carbonyl (C=O) groups excluding carboxylic acids is 2. The first-order valence-electron chi connectivity index (χ1n) is 4.98. The molecular formula is C9H14N2O5. The highest BCUT2D eigenvalue weighted by Gasteiger charge is 2.26. The SMILES string of the molecule is N[C@@H](CCC(=O)O)C(=O)OC(=O)N1CCC1. The van der Waals surface area contributed by atoms with E-state index in [-0.39, 0.29) is 12.8 Å². The number of rotatable bonds is 4. The highest BCUT2D eigenvalue weighted by molar-refractivity contribution is 5.88.